The number of benzene rings is 4. The zero-order chi connectivity index (χ0) is 23.5. The summed E-state index contributed by atoms with van der Waals surface area (Å²) in [5, 5.41) is 5.23. The monoisotopic (exact) mass is 498 g/mol. The Bertz CT molecular complexity index is 1030. The Balaban J connectivity index is 1.33. The van der Waals surface area contributed by atoms with Gasteiger partial charge in [0.25, 0.3) is 0 Å². The second kappa shape index (κ2) is 10.7. The van der Waals surface area contributed by atoms with Gasteiger partial charge in [0.1, 0.15) is 33.4 Å². The molecule has 2 aliphatic carbocycles. The molecule has 35 heavy (non-hydrogen) atoms. The predicted octanol–water partition coefficient (Wildman–Crippen LogP) is 5.75. The highest BCUT2D eigenvalue weighted by Crippen LogP contribution is 2.55. The molecular weight excluding hydrogens is 466 g/mol. The summed E-state index contributed by atoms with van der Waals surface area (Å²) in [6.45, 7) is 0. The molecule has 0 amide bonds. The van der Waals surface area contributed by atoms with E-state index in [2.05, 4.69) is 121 Å². The maximum Gasteiger partial charge on any atom is 0.198 e. The molecule has 4 atom stereocenters. The van der Waals surface area contributed by atoms with Crippen molar-refractivity contribution in [3.63, 3.8) is 0 Å². The van der Waals surface area contributed by atoms with Crippen LogP contribution < -0.4 is 21.2 Å². The minimum absolute atomic E-state index is 0.149. The van der Waals surface area contributed by atoms with Gasteiger partial charge < -0.3 is 0 Å². The zero-order valence-corrected chi connectivity index (χ0v) is 21.8. The second-order valence-electron chi connectivity index (χ2n) is 9.62. The van der Waals surface area contributed by atoms with Crippen LogP contribution in [-0.2, 0) is 9.05 Å². The average Bonchev–Trinajstić information content (AvgIpc) is 3.54. The lowest BCUT2D eigenvalue weighted by molar-refractivity contribution is 0.0332. The number of hydrogen-bond donors (Lipinski definition) is 0. The van der Waals surface area contributed by atoms with Crippen LogP contribution in [0, 0.1) is 11.8 Å². The first-order valence-electron chi connectivity index (χ1n) is 12.7. The molecular formula is C31H32O2P2+2. The Morgan fingerprint density at radius 2 is 0.714 bits per heavy atom. The lowest BCUT2D eigenvalue weighted by atomic mass is 9.95. The topological polar surface area (TPSA) is 18.5 Å². The fraction of sp³-hybridized carbons (Fsp3) is 0.226. The Morgan fingerprint density at radius 1 is 0.429 bits per heavy atom. The van der Waals surface area contributed by atoms with Gasteiger partial charge in [-0.3, -0.25) is 0 Å². The van der Waals surface area contributed by atoms with E-state index < -0.39 is 16.3 Å². The third kappa shape index (κ3) is 5.00. The molecule has 0 N–H and O–H groups in total. The van der Waals surface area contributed by atoms with Gasteiger partial charge in [0, 0.05) is 0 Å². The van der Waals surface area contributed by atoms with Crippen LogP contribution in [0.1, 0.15) is 19.3 Å². The third-order valence-corrected chi connectivity index (χ3v) is 11.9. The smallest absolute Gasteiger partial charge is 0.198 e. The lowest BCUT2D eigenvalue weighted by Gasteiger charge is -2.29. The van der Waals surface area contributed by atoms with Gasteiger partial charge in [-0.1, -0.05) is 72.8 Å². The number of fused-ring (bicyclic) bond motifs is 2. The minimum Gasteiger partial charge on any atom is -0.223 e. The largest absolute Gasteiger partial charge is 0.223 e. The zero-order valence-electron chi connectivity index (χ0n) is 19.8. The molecule has 2 bridgehead atoms. The van der Waals surface area contributed by atoms with E-state index >= 15 is 0 Å². The van der Waals surface area contributed by atoms with E-state index in [9.17, 15) is 0 Å². The average molecular weight is 499 g/mol. The first-order valence-corrected chi connectivity index (χ1v) is 15.5. The van der Waals surface area contributed by atoms with Gasteiger partial charge in [-0.2, -0.15) is 0 Å². The maximum atomic E-state index is 7.20. The first kappa shape index (κ1) is 23.1. The molecule has 176 valence electrons. The van der Waals surface area contributed by atoms with Gasteiger partial charge in [-0.05, 0) is 79.6 Å². The molecule has 0 saturated heterocycles. The highest BCUT2D eigenvalue weighted by molar-refractivity contribution is 7.69. The van der Waals surface area contributed by atoms with Crippen LogP contribution in [0.2, 0.25) is 0 Å². The summed E-state index contributed by atoms with van der Waals surface area (Å²) in [6.07, 6.45) is 4.04. The second-order valence-corrected chi connectivity index (χ2v) is 13.7. The third-order valence-electron chi connectivity index (χ3n) is 7.42. The first-order chi connectivity index (χ1) is 17.4. The van der Waals surface area contributed by atoms with Crippen LogP contribution >= 0.6 is 16.3 Å². The molecule has 4 unspecified atom stereocenters. The predicted molar refractivity (Wildman–Crippen MR) is 152 cm³/mol. The van der Waals surface area contributed by atoms with Crippen LogP contribution in [0.5, 0.6) is 0 Å². The Kier molecular flexibility index (Phi) is 7.08. The van der Waals surface area contributed by atoms with Crippen molar-refractivity contribution in [3.05, 3.63) is 121 Å². The SMILES string of the molecule is c1ccc([PH+](OC2C3CCC(C3)C2O[PH+](c2ccccc2)c2ccccc2)c2ccccc2)cc1. The standard InChI is InChI=1S/C31H30O2P2/c1-5-13-26(14-6-1)34(27-15-7-2-8-16-27)32-30-24-21-22-25(23-24)31(30)33-35(28-17-9-3-10-18-28)29-19-11-4-12-20-29/h1-20,24-25,30-31H,21-23H2/p+2. The van der Waals surface area contributed by atoms with E-state index in [1.807, 2.05) is 0 Å². The molecule has 2 saturated carbocycles. The van der Waals surface area contributed by atoms with E-state index in [4.69, 9.17) is 9.05 Å². The summed E-state index contributed by atoms with van der Waals surface area (Å²) in [6, 6.07) is 43.2. The lowest BCUT2D eigenvalue weighted by Crippen LogP contribution is -2.38. The quantitative estimate of drug-likeness (QED) is 0.288. The molecule has 0 aliphatic heterocycles. The molecule has 0 aromatic heterocycles. The molecule has 2 fully saturated rings. The van der Waals surface area contributed by atoms with Crippen LogP contribution in [0.15, 0.2) is 121 Å². The molecule has 6 rings (SSSR count). The molecule has 2 aliphatic rings. The van der Waals surface area contributed by atoms with Crippen molar-refractivity contribution >= 4 is 37.5 Å². The van der Waals surface area contributed by atoms with E-state index in [1.165, 1.54) is 40.5 Å². The Hall–Kier alpha value is -2.34. The van der Waals surface area contributed by atoms with Crippen molar-refractivity contribution in [1.29, 1.82) is 0 Å². The van der Waals surface area contributed by atoms with Crippen molar-refractivity contribution in [3.8, 4) is 0 Å². The van der Waals surface area contributed by atoms with Gasteiger partial charge >= 0.3 is 0 Å². The maximum absolute atomic E-state index is 7.20. The van der Waals surface area contributed by atoms with E-state index in [1.54, 1.807) is 0 Å². The summed E-state index contributed by atoms with van der Waals surface area (Å²) in [7, 11) is -2.74. The van der Waals surface area contributed by atoms with Gasteiger partial charge in [-0.25, -0.2) is 9.05 Å². The van der Waals surface area contributed by atoms with Crippen molar-refractivity contribution in [2.24, 2.45) is 11.8 Å². The van der Waals surface area contributed by atoms with E-state index in [-0.39, 0.29) is 12.2 Å². The molecule has 4 aromatic rings. The molecule has 4 aromatic carbocycles. The normalized spacial score (nSPS) is 23.3. The van der Waals surface area contributed by atoms with E-state index in [0.29, 0.717) is 11.8 Å². The van der Waals surface area contributed by atoms with E-state index in [0.717, 1.165) is 0 Å². The van der Waals surface area contributed by atoms with Gasteiger partial charge in [-0.15, -0.1) is 0 Å². The van der Waals surface area contributed by atoms with Crippen LogP contribution in [-0.4, -0.2) is 12.2 Å². The summed E-state index contributed by atoms with van der Waals surface area (Å²) in [4.78, 5) is 0. The van der Waals surface area contributed by atoms with Crippen molar-refractivity contribution in [2.45, 2.75) is 31.5 Å². The van der Waals surface area contributed by atoms with Crippen LogP contribution in [0.25, 0.3) is 0 Å². The Labute approximate surface area is 211 Å². The summed E-state index contributed by atoms with van der Waals surface area (Å²) >= 11 is 0. The van der Waals surface area contributed by atoms with Crippen molar-refractivity contribution in [2.75, 3.05) is 0 Å². The van der Waals surface area contributed by atoms with Gasteiger partial charge in [0.05, 0.1) is 0 Å². The molecule has 4 heteroatoms. The van der Waals surface area contributed by atoms with Gasteiger partial charge in [0.2, 0.25) is 0 Å². The summed E-state index contributed by atoms with van der Waals surface area (Å²) in [5.74, 6) is 1.18. The highest BCUT2D eigenvalue weighted by atomic mass is 31.1. The van der Waals surface area contributed by atoms with Gasteiger partial charge in [0.15, 0.2) is 16.3 Å². The van der Waals surface area contributed by atoms with Crippen molar-refractivity contribution in [1.82, 2.24) is 0 Å². The highest BCUT2D eigenvalue weighted by Gasteiger charge is 2.55. The number of hydrogen-bond acceptors (Lipinski definition) is 2. The Morgan fingerprint density at radius 3 is 1.00 bits per heavy atom. The molecule has 0 radical (unpaired) electrons. The fourth-order valence-corrected chi connectivity index (χ4v) is 10.1. The molecule has 2 nitrogen and oxygen atoms in total. The van der Waals surface area contributed by atoms with Crippen LogP contribution in [0.4, 0.5) is 0 Å². The molecule has 0 spiro atoms. The minimum atomic E-state index is -1.37. The fourth-order valence-electron chi connectivity index (χ4n) is 5.75. The number of rotatable bonds is 8. The molecule has 0 heterocycles. The summed E-state index contributed by atoms with van der Waals surface area (Å²) < 4.78 is 14.4. The summed E-state index contributed by atoms with van der Waals surface area (Å²) in [5.41, 5.74) is 0. The van der Waals surface area contributed by atoms with Crippen molar-refractivity contribution < 1.29 is 9.05 Å². The van der Waals surface area contributed by atoms with Crippen LogP contribution in [0.3, 0.4) is 0 Å².